The van der Waals surface area contributed by atoms with E-state index in [1.165, 1.54) is 0 Å². The number of amides is 1. The molecule has 0 heterocycles. The van der Waals surface area contributed by atoms with Gasteiger partial charge in [0.15, 0.2) is 0 Å². The van der Waals surface area contributed by atoms with Gasteiger partial charge in [0.05, 0.1) is 6.04 Å². The van der Waals surface area contributed by atoms with Crippen molar-refractivity contribution >= 4 is 34.8 Å². The maximum atomic E-state index is 12.9. The molecule has 1 saturated carbocycles. The number of halogens is 2. The van der Waals surface area contributed by atoms with Crippen LogP contribution in [0.5, 0.6) is 0 Å². The average molecular weight is 400 g/mol. The number of likely N-dealkylation sites (N-methyl/N-ethyl adjacent to an activating group) is 1. The predicted molar refractivity (Wildman–Crippen MR) is 112 cm³/mol. The van der Waals surface area contributed by atoms with Gasteiger partial charge in [0, 0.05) is 29.1 Å². The summed E-state index contributed by atoms with van der Waals surface area (Å²) in [5.74, 6) is 0.444. The molecule has 0 spiro atoms. The van der Waals surface area contributed by atoms with Crippen LogP contribution in [-0.2, 0) is 4.79 Å². The third-order valence-electron chi connectivity index (χ3n) is 5.14. The molecule has 0 aromatic heterocycles. The van der Waals surface area contributed by atoms with Crippen molar-refractivity contribution in [1.29, 1.82) is 0 Å². The monoisotopic (exact) mass is 399 g/mol. The van der Waals surface area contributed by atoms with Gasteiger partial charge in [0.1, 0.15) is 0 Å². The zero-order valence-electron chi connectivity index (χ0n) is 16.1. The van der Waals surface area contributed by atoms with E-state index in [-0.39, 0.29) is 11.9 Å². The second-order valence-electron chi connectivity index (χ2n) is 7.38. The molecule has 1 aliphatic carbocycles. The first kappa shape index (κ1) is 21.5. The first-order valence-corrected chi connectivity index (χ1v) is 10.3. The van der Waals surface area contributed by atoms with Gasteiger partial charge in [-0.25, -0.2) is 0 Å². The second-order valence-corrected chi connectivity index (χ2v) is 8.20. The molecule has 1 aliphatic rings. The van der Waals surface area contributed by atoms with E-state index in [2.05, 4.69) is 30.9 Å². The van der Waals surface area contributed by atoms with Crippen LogP contribution in [0.3, 0.4) is 0 Å². The molecule has 0 N–H and O–H groups in total. The zero-order valence-corrected chi connectivity index (χ0v) is 17.6. The van der Waals surface area contributed by atoms with Gasteiger partial charge in [-0.1, -0.05) is 11.6 Å². The van der Waals surface area contributed by atoms with Crippen LogP contribution >= 0.6 is 23.2 Å². The van der Waals surface area contributed by atoms with Gasteiger partial charge >= 0.3 is 0 Å². The Morgan fingerprint density at radius 3 is 2.35 bits per heavy atom. The molecule has 1 amide bonds. The predicted octanol–water partition coefficient (Wildman–Crippen LogP) is 4.11. The summed E-state index contributed by atoms with van der Waals surface area (Å²) in [4.78, 5) is 19.5. The quantitative estimate of drug-likeness (QED) is 0.584. The van der Waals surface area contributed by atoms with Crippen LogP contribution in [0.2, 0.25) is 5.02 Å². The van der Waals surface area contributed by atoms with Gasteiger partial charge in [-0.15, -0.1) is 11.6 Å². The van der Waals surface area contributed by atoms with Crippen LogP contribution in [0.4, 0.5) is 5.69 Å². The molecular formula is C20H31Cl2N3O. The van der Waals surface area contributed by atoms with E-state index in [1.807, 2.05) is 29.2 Å². The lowest BCUT2D eigenvalue weighted by Gasteiger charge is -2.37. The number of nitrogens with zero attached hydrogens (tertiary/aromatic N) is 3. The van der Waals surface area contributed by atoms with Crippen molar-refractivity contribution in [1.82, 2.24) is 9.80 Å². The lowest BCUT2D eigenvalue weighted by Crippen LogP contribution is -2.50. The molecule has 1 aromatic rings. The number of carbonyl (C=O) groups excluding carboxylic acids is 1. The van der Waals surface area contributed by atoms with Crippen molar-refractivity contribution in [3.8, 4) is 0 Å². The Bertz CT molecular complexity index is 565. The van der Waals surface area contributed by atoms with Crippen LogP contribution in [-0.4, -0.2) is 67.9 Å². The molecule has 2 atom stereocenters. The highest BCUT2D eigenvalue weighted by atomic mass is 35.5. The maximum Gasteiger partial charge on any atom is 0.228 e. The van der Waals surface area contributed by atoms with E-state index in [4.69, 9.17) is 23.2 Å². The van der Waals surface area contributed by atoms with E-state index < -0.39 is 0 Å². The standard InChI is InChI=1S/C20H31Cl2N3O/c1-23(2)14-5-15-24(3)18-6-4-7-19(18)25(20(26)12-13-21)17-10-8-16(22)9-11-17/h8-11,18-19H,4-7,12-15H2,1-3H3. The van der Waals surface area contributed by atoms with Crippen molar-refractivity contribution in [3.63, 3.8) is 0 Å². The topological polar surface area (TPSA) is 26.8 Å². The van der Waals surface area contributed by atoms with Gasteiger partial charge < -0.3 is 14.7 Å². The van der Waals surface area contributed by atoms with E-state index in [0.29, 0.717) is 23.4 Å². The molecule has 146 valence electrons. The molecule has 0 saturated heterocycles. The first-order valence-electron chi connectivity index (χ1n) is 9.42. The first-order chi connectivity index (χ1) is 12.4. The number of hydrogen-bond donors (Lipinski definition) is 0. The van der Waals surface area contributed by atoms with Gasteiger partial charge in [-0.05, 0) is 84.2 Å². The van der Waals surface area contributed by atoms with Crippen LogP contribution in [0, 0.1) is 0 Å². The van der Waals surface area contributed by atoms with Crippen LogP contribution in [0.25, 0.3) is 0 Å². The summed E-state index contributed by atoms with van der Waals surface area (Å²) < 4.78 is 0. The molecule has 0 aliphatic heterocycles. The van der Waals surface area contributed by atoms with Crippen molar-refractivity contribution < 1.29 is 4.79 Å². The summed E-state index contributed by atoms with van der Waals surface area (Å²) in [7, 11) is 6.39. The third-order valence-corrected chi connectivity index (χ3v) is 5.58. The van der Waals surface area contributed by atoms with Gasteiger partial charge in [-0.3, -0.25) is 4.79 Å². The van der Waals surface area contributed by atoms with Crippen LogP contribution in [0.1, 0.15) is 32.1 Å². The normalized spacial score (nSPS) is 20.1. The number of hydrogen-bond acceptors (Lipinski definition) is 3. The highest BCUT2D eigenvalue weighted by molar-refractivity contribution is 6.30. The summed E-state index contributed by atoms with van der Waals surface area (Å²) in [5.41, 5.74) is 0.920. The van der Waals surface area contributed by atoms with E-state index in [1.54, 1.807) is 0 Å². The lowest BCUT2D eigenvalue weighted by atomic mass is 10.1. The zero-order chi connectivity index (χ0) is 19.1. The number of carbonyl (C=O) groups is 1. The second kappa shape index (κ2) is 10.5. The van der Waals surface area contributed by atoms with E-state index >= 15 is 0 Å². The fraction of sp³-hybridized carbons (Fsp3) is 0.650. The van der Waals surface area contributed by atoms with Crippen molar-refractivity contribution in [2.45, 2.75) is 44.2 Å². The maximum absolute atomic E-state index is 12.9. The SMILES string of the molecule is CN(C)CCCN(C)C1CCCC1N(C(=O)CCCl)c1ccc(Cl)cc1. The summed E-state index contributed by atoms with van der Waals surface area (Å²) in [6.07, 6.45) is 4.79. The molecule has 26 heavy (non-hydrogen) atoms. The van der Waals surface area contributed by atoms with Gasteiger partial charge in [0.25, 0.3) is 0 Å². The molecule has 2 rings (SSSR count). The highest BCUT2D eigenvalue weighted by Crippen LogP contribution is 2.32. The molecule has 4 nitrogen and oxygen atoms in total. The Hall–Kier alpha value is -0.810. The van der Waals surface area contributed by atoms with Crippen LogP contribution in [0.15, 0.2) is 24.3 Å². The Balaban J connectivity index is 2.16. The minimum absolute atomic E-state index is 0.0981. The minimum Gasteiger partial charge on any atom is -0.309 e. The lowest BCUT2D eigenvalue weighted by molar-refractivity contribution is -0.118. The van der Waals surface area contributed by atoms with Crippen molar-refractivity contribution in [2.24, 2.45) is 0 Å². The van der Waals surface area contributed by atoms with Crippen molar-refractivity contribution in [2.75, 3.05) is 45.0 Å². The summed E-state index contributed by atoms with van der Waals surface area (Å²) in [5, 5.41) is 0.683. The molecule has 1 aromatic carbocycles. The highest BCUT2D eigenvalue weighted by Gasteiger charge is 2.37. The Morgan fingerprint density at radius 1 is 1.08 bits per heavy atom. The number of anilines is 1. The third kappa shape index (κ3) is 5.85. The summed E-state index contributed by atoms with van der Waals surface area (Å²) >= 11 is 11.9. The number of benzene rings is 1. The Kier molecular flexibility index (Phi) is 8.68. The molecule has 2 unspecified atom stereocenters. The van der Waals surface area contributed by atoms with E-state index in [9.17, 15) is 4.79 Å². The number of rotatable bonds is 9. The molecule has 0 bridgehead atoms. The minimum atomic E-state index is 0.0981. The molecular weight excluding hydrogens is 369 g/mol. The largest absolute Gasteiger partial charge is 0.309 e. The fourth-order valence-electron chi connectivity index (χ4n) is 3.86. The molecule has 0 radical (unpaired) electrons. The van der Waals surface area contributed by atoms with Crippen molar-refractivity contribution in [3.05, 3.63) is 29.3 Å². The Labute approximate surface area is 168 Å². The summed E-state index contributed by atoms with van der Waals surface area (Å²) in [6.45, 7) is 2.12. The Morgan fingerprint density at radius 2 is 1.73 bits per heavy atom. The van der Waals surface area contributed by atoms with Gasteiger partial charge in [0.2, 0.25) is 5.91 Å². The van der Waals surface area contributed by atoms with Gasteiger partial charge in [-0.2, -0.15) is 0 Å². The summed E-state index contributed by atoms with van der Waals surface area (Å²) in [6, 6.07) is 8.15. The molecule has 1 fully saturated rings. The fourth-order valence-corrected chi connectivity index (χ4v) is 4.15. The molecule has 6 heteroatoms. The van der Waals surface area contributed by atoms with Crippen LogP contribution < -0.4 is 4.90 Å². The number of alkyl halides is 1. The average Bonchev–Trinajstić information content (AvgIpc) is 3.06. The smallest absolute Gasteiger partial charge is 0.228 e. The van der Waals surface area contributed by atoms with E-state index in [0.717, 1.165) is 44.5 Å².